The number of hydrazone groups is 1. The van der Waals surface area contributed by atoms with Crippen LogP contribution in [0.2, 0.25) is 0 Å². The summed E-state index contributed by atoms with van der Waals surface area (Å²) in [6.07, 6.45) is 0. The molecular weight excluding hydrogens is 458 g/mol. The zero-order chi connectivity index (χ0) is 24.2. The van der Waals surface area contributed by atoms with Gasteiger partial charge in [0.15, 0.2) is 0 Å². The SMILES string of the molecule is C/C(=N\NOC(=S)Nc1cccc(C(=O)O)c1)c1csc(-c2ccc(C(C)(C)C)cc2)c1O. The highest BCUT2D eigenvalue weighted by molar-refractivity contribution is 7.80. The van der Waals surface area contributed by atoms with Crippen molar-refractivity contribution in [3.63, 3.8) is 0 Å². The molecule has 4 N–H and O–H groups in total. The summed E-state index contributed by atoms with van der Waals surface area (Å²) < 4.78 is 0. The first-order chi connectivity index (χ1) is 15.6. The molecule has 1 heterocycles. The smallest absolute Gasteiger partial charge is 0.335 e. The van der Waals surface area contributed by atoms with Crippen LogP contribution in [0.4, 0.5) is 5.69 Å². The summed E-state index contributed by atoms with van der Waals surface area (Å²) in [5.74, 6) is -0.887. The minimum atomic E-state index is -1.04. The Hall–Kier alpha value is -3.43. The lowest BCUT2D eigenvalue weighted by molar-refractivity contribution is 0.0697. The fourth-order valence-electron chi connectivity index (χ4n) is 3.00. The number of thiophene rings is 1. The number of benzene rings is 2. The molecule has 0 saturated heterocycles. The van der Waals surface area contributed by atoms with Gasteiger partial charge in [0.25, 0.3) is 5.17 Å². The Kier molecular flexibility index (Phi) is 7.35. The first-order valence-corrected chi connectivity index (χ1v) is 11.4. The molecular formula is C24H25N3O4S2. The Labute approximate surface area is 201 Å². The minimum Gasteiger partial charge on any atom is -0.506 e. The van der Waals surface area contributed by atoms with E-state index in [9.17, 15) is 9.90 Å². The van der Waals surface area contributed by atoms with Crippen LogP contribution < -0.4 is 10.9 Å². The lowest BCUT2D eigenvalue weighted by Gasteiger charge is -2.19. The third-order valence-corrected chi connectivity index (χ3v) is 6.08. The van der Waals surface area contributed by atoms with E-state index >= 15 is 0 Å². The van der Waals surface area contributed by atoms with E-state index in [1.54, 1.807) is 19.1 Å². The van der Waals surface area contributed by atoms with Crippen LogP contribution in [0, 0.1) is 0 Å². The molecule has 0 aliphatic heterocycles. The normalized spacial score (nSPS) is 11.7. The van der Waals surface area contributed by atoms with E-state index in [2.05, 4.69) is 48.9 Å². The maximum Gasteiger partial charge on any atom is 0.335 e. The molecule has 0 aliphatic carbocycles. The number of rotatable bonds is 6. The number of hydrogen-bond donors (Lipinski definition) is 4. The van der Waals surface area contributed by atoms with E-state index in [0.29, 0.717) is 17.0 Å². The summed E-state index contributed by atoms with van der Waals surface area (Å²) in [5, 5.41) is 28.5. The molecule has 0 aliphatic rings. The van der Waals surface area contributed by atoms with E-state index in [0.717, 1.165) is 10.4 Å². The van der Waals surface area contributed by atoms with Gasteiger partial charge in [-0.1, -0.05) is 51.1 Å². The predicted octanol–water partition coefficient (Wildman–Crippen LogP) is 5.76. The van der Waals surface area contributed by atoms with Gasteiger partial charge in [0, 0.05) is 11.1 Å². The Morgan fingerprint density at radius 3 is 2.48 bits per heavy atom. The number of anilines is 1. The lowest BCUT2D eigenvalue weighted by Crippen LogP contribution is -2.21. The van der Waals surface area contributed by atoms with Crippen LogP contribution >= 0.6 is 23.6 Å². The average molecular weight is 484 g/mol. The molecule has 0 radical (unpaired) electrons. The van der Waals surface area contributed by atoms with E-state index < -0.39 is 5.97 Å². The Balaban J connectivity index is 1.63. The number of nitrogens with zero attached hydrogens (tertiary/aromatic N) is 1. The second-order valence-electron chi connectivity index (χ2n) is 8.34. The van der Waals surface area contributed by atoms with Crippen LogP contribution in [0.5, 0.6) is 5.75 Å². The van der Waals surface area contributed by atoms with Crippen molar-refractivity contribution in [2.24, 2.45) is 5.10 Å². The fraction of sp³-hybridized carbons (Fsp3) is 0.208. The summed E-state index contributed by atoms with van der Waals surface area (Å²) in [6.45, 7) is 8.21. The molecule has 2 aromatic carbocycles. The van der Waals surface area contributed by atoms with Gasteiger partial charge in [0.1, 0.15) is 5.75 Å². The summed E-state index contributed by atoms with van der Waals surface area (Å²) in [7, 11) is 0. The van der Waals surface area contributed by atoms with Gasteiger partial charge in [-0.15, -0.1) is 22.0 Å². The van der Waals surface area contributed by atoms with E-state index in [1.807, 2.05) is 17.5 Å². The van der Waals surface area contributed by atoms with Gasteiger partial charge in [-0.25, -0.2) is 4.79 Å². The van der Waals surface area contributed by atoms with Crippen molar-refractivity contribution in [1.82, 2.24) is 5.59 Å². The van der Waals surface area contributed by atoms with E-state index in [1.165, 1.54) is 29.0 Å². The highest BCUT2D eigenvalue weighted by Gasteiger charge is 2.17. The zero-order valence-corrected chi connectivity index (χ0v) is 20.3. The lowest BCUT2D eigenvalue weighted by atomic mass is 9.86. The van der Waals surface area contributed by atoms with E-state index in [-0.39, 0.29) is 21.9 Å². The molecule has 0 unspecified atom stereocenters. The van der Waals surface area contributed by atoms with Gasteiger partial charge in [-0.3, -0.25) is 0 Å². The monoisotopic (exact) mass is 483 g/mol. The van der Waals surface area contributed by atoms with Gasteiger partial charge in [-0.05, 0) is 53.9 Å². The molecule has 1 aromatic heterocycles. The first kappa shape index (κ1) is 24.2. The van der Waals surface area contributed by atoms with Gasteiger partial charge in [-0.2, -0.15) is 0 Å². The highest BCUT2D eigenvalue weighted by atomic mass is 32.1. The van der Waals surface area contributed by atoms with Gasteiger partial charge in [0.2, 0.25) is 0 Å². The minimum absolute atomic E-state index is 0.0387. The van der Waals surface area contributed by atoms with Crippen molar-refractivity contribution in [2.45, 2.75) is 33.1 Å². The molecule has 0 bridgehead atoms. The second-order valence-corrected chi connectivity index (χ2v) is 9.59. The molecule has 0 atom stereocenters. The van der Waals surface area contributed by atoms with Crippen molar-refractivity contribution >= 4 is 46.1 Å². The number of carboxylic acid groups (broad SMARTS) is 1. The van der Waals surface area contributed by atoms with Gasteiger partial charge < -0.3 is 20.4 Å². The van der Waals surface area contributed by atoms with Crippen molar-refractivity contribution < 1.29 is 19.8 Å². The number of aromatic carboxylic acids is 1. The molecule has 172 valence electrons. The molecule has 3 aromatic rings. The Morgan fingerprint density at radius 1 is 1.15 bits per heavy atom. The third kappa shape index (κ3) is 6.09. The maximum absolute atomic E-state index is 11.1. The van der Waals surface area contributed by atoms with Crippen LogP contribution in [0.15, 0.2) is 59.0 Å². The summed E-state index contributed by atoms with van der Waals surface area (Å²) in [4.78, 5) is 17.0. The molecule has 9 heteroatoms. The predicted molar refractivity (Wildman–Crippen MR) is 136 cm³/mol. The van der Waals surface area contributed by atoms with Crippen LogP contribution in [0.25, 0.3) is 10.4 Å². The third-order valence-electron chi connectivity index (χ3n) is 4.88. The second kappa shape index (κ2) is 10.0. The number of aromatic hydroxyl groups is 1. The van der Waals surface area contributed by atoms with Crippen molar-refractivity contribution in [3.05, 3.63) is 70.6 Å². The molecule has 33 heavy (non-hydrogen) atoms. The number of hydrogen-bond acceptors (Lipinski definition) is 7. The summed E-state index contributed by atoms with van der Waals surface area (Å²) in [6, 6.07) is 14.3. The molecule has 0 saturated carbocycles. The largest absolute Gasteiger partial charge is 0.506 e. The quantitative estimate of drug-likeness (QED) is 0.201. The highest BCUT2D eigenvalue weighted by Crippen LogP contribution is 2.39. The topological polar surface area (TPSA) is 103 Å². The summed E-state index contributed by atoms with van der Waals surface area (Å²) in [5.41, 5.74) is 6.31. The van der Waals surface area contributed by atoms with Crippen LogP contribution in [0.3, 0.4) is 0 Å². The molecule has 7 nitrogen and oxygen atoms in total. The van der Waals surface area contributed by atoms with Gasteiger partial charge >= 0.3 is 5.97 Å². The first-order valence-electron chi connectivity index (χ1n) is 10.1. The summed E-state index contributed by atoms with van der Waals surface area (Å²) >= 11 is 6.51. The average Bonchev–Trinajstić information content (AvgIpc) is 3.14. The number of carboxylic acids is 1. The van der Waals surface area contributed by atoms with Crippen molar-refractivity contribution in [3.8, 4) is 16.2 Å². The Morgan fingerprint density at radius 2 is 1.85 bits per heavy atom. The molecule has 0 amide bonds. The van der Waals surface area contributed by atoms with Crippen molar-refractivity contribution in [2.75, 3.05) is 5.32 Å². The van der Waals surface area contributed by atoms with Crippen LogP contribution in [-0.4, -0.2) is 27.1 Å². The van der Waals surface area contributed by atoms with Gasteiger partial charge in [0.05, 0.1) is 21.7 Å². The van der Waals surface area contributed by atoms with Crippen molar-refractivity contribution in [1.29, 1.82) is 0 Å². The number of nitrogens with one attached hydrogen (secondary N) is 2. The number of thiocarbonyl (C=S) groups is 1. The fourth-order valence-corrected chi connectivity index (χ4v) is 4.17. The molecule has 0 spiro atoms. The standard InChI is InChI=1S/C24H25N3O4S2/c1-14(26-27-31-23(32)25-18-7-5-6-16(12-18)22(29)30)19-13-33-21(20(19)28)15-8-10-17(11-9-15)24(2,3)4/h5-13,27-28H,1-4H3,(H,25,32)(H,29,30)/b26-14+. The maximum atomic E-state index is 11.1. The Bertz CT molecular complexity index is 1200. The number of carbonyl (C=O) groups is 1. The van der Waals surface area contributed by atoms with Crippen LogP contribution in [0.1, 0.15) is 49.2 Å². The zero-order valence-electron chi connectivity index (χ0n) is 18.7. The molecule has 3 rings (SSSR count). The van der Waals surface area contributed by atoms with E-state index in [4.69, 9.17) is 22.2 Å². The molecule has 0 fully saturated rings. The van der Waals surface area contributed by atoms with Crippen LogP contribution in [-0.2, 0) is 10.3 Å².